The lowest BCUT2D eigenvalue weighted by molar-refractivity contribution is 0.182. The molecule has 0 aliphatic carbocycles. The molecule has 0 amide bonds. The van der Waals surface area contributed by atoms with Crippen molar-refractivity contribution in [3.63, 3.8) is 0 Å². The molecule has 33 heavy (non-hydrogen) atoms. The summed E-state index contributed by atoms with van der Waals surface area (Å²) in [4.78, 5) is 20.8. The van der Waals surface area contributed by atoms with E-state index in [0.717, 1.165) is 41.3 Å². The quantitative estimate of drug-likeness (QED) is 0.376. The van der Waals surface area contributed by atoms with E-state index in [1.807, 2.05) is 53.2 Å². The molecular weight excluding hydrogens is 412 g/mol. The molecule has 8 nitrogen and oxygen atoms in total. The zero-order chi connectivity index (χ0) is 23.2. The second-order valence-corrected chi connectivity index (χ2v) is 8.59. The van der Waals surface area contributed by atoms with E-state index in [4.69, 9.17) is 9.97 Å². The standard InChI is InChI=1S/C25H32N8/c1-18(2)32(19(3)4)14-13-27-23-22-24(33(17-29-22)21-10-6-5-7-11-21)31-25(30-23)28-16-20-9-8-12-26-15-20/h5-12,15,17-19H,13-14,16H2,1-4H3,(H2,27,28,30,31). The monoisotopic (exact) mass is 444 g/mol. The van der Waals surface area contributed by atoms with Crippen LogP contribution in [-0.2, 0) is 6.54 Å². The van der Waals surface area contributed by atoms with Crippen LogP contribution in [0.1, 0.15) is 33.3 Å². The van der Waals surface area contributed by atoms with Gasteiger partial charge in [0.25, 0.3) is 0 Å². The highest BCUT2D eigenvalue weighted by atomic mass is 15.2. The maximum atomic E-state index is 4.79. The molecular formula is C25H32N8. The summed E-state index contributed by atoms with van der Waals surface area (Å²) in [5.41, 5.74) is 3.59. The number of para-hydroxylation sites is 1. The molecule has 4 aromatic rings. The van der Waals surface area contributed by atoms with Crippen molar-refractivity contribution < 1.29 is 0 Å². The van der Waals surface area contributed by atoms with Gasteiger partial charge >= 0.3 is 0 Å². The number of aromatic nitrogens is 5. The number of fused-ring (bicyclic) bond motifs is 1. The van der Waals surface area contributed by atoms with Gasteiger partial charge in [0, 0.05) is 49.8 Å². The van der Waals surface area contributed by atoms with Crippen molar-refractivity contribution in [1.29, 1.82) is 0 Å². The Morgan fingerprint density at radius 2 is 1.73 bits per heavy atom. The number of imidazole rings is 1. The summed E-state index contributed by atoms with van der Waals surface area (Å²) in [6.07, 6.45) is 5.41. The molecule has 2 N–H and O–H groups in total. The Hall–Kier alpha value is -3.52. The molecule has 3 heterocycles. The number of anilines is 2. The fraction of sp³-hybridized carbons (Fsp3) is 0.360. The summed E-state index contributed by atoms with van der Waals surface area (Å²) in [6, 6.07) is 15.0. The van der Waals surface area contributed by atoms with Crippen molar-refractivity contribution in [3.05, 3.63) is 66.7 Å². The Morgan fingerprint density at radius 3 is 2.42 bits per heavy atom. The van der Waals surface area contributed by atoms with E-state index in [1.165, 1.54) is 0 Å². The third-order valence-electron chi connectivity index (χ3n) is 5.59. The van der Waals surface area contributed by atoms with Crippen molar-refractivity contribution in [1.82, 2.24) is 29.4 Å². The predicted octanol–water partition coefficient (Wildman–Crippen LogP) is 4.35. The molecule has 3 aromatic heterocycles. The van der Waals surface area contributed by atoms with E-state index >= 15 is 0 Å². The highest BCUT2D eigenvalue weighted by Gasteiger charge is 2.16. The number of nitrogens with zero attached hydrogens (tertiary/aromatic N) is 6. The van der Waals surface area contributed by atoms with Crippen LogP contribution in [0.15, 0.2) is 61.2 Å². The fourth-order valence-corrected chi connectivity index (χ4v) is 3.98. The number of hydrogen-bond acceptors (Lipinski definition) is 7. The second-order valence-electron chi connectivity index (χ2n) is 8.59. The van der Waals surface area contributed by atoms with Gasteiger partial charge in [-0.05, 0) is 51.5 Å². The fourth-order valence-electron chi connectivity index (χ4n) is 3.98. The van der Waals surface area contributed by atoms with E-state index in [2.05, 4.69) is 53.2 Å². The van der Waals surface area contributed by atoms with E-state index in [-0.39, 0.29) is 0 Å². The zero-order valence-corrected chi connectivity index (χ0v) is 19.7. The van der Waals surface area contributed by atoms with Crippen LogP contribution in [0.25, 0.3) is 16.9 Å². The van der Waals surface area contributed by atoms with Crippen LogP contribution in [-0.4, -0.2) is 54.6 Å². The molecule has 8 heteroatoms. The minimum Gasteiger partial charge on any atom is -0.367 e. The van der Waals surface area contributed by atoms with Crippen molar-refractivity contribution in [2.24, 2.45) is 0 Å². The molecule has 1 aromatic carbocycles. The van der Waals surface area contributed by atoms with E-state index < -0.39 is 0 Å². The molecule has 0 saturated heterocycles. The number of benzene rings is 1. The molecule has 0 spiro atoms. The van der Waals surface area contributed by atoms with Crippen molar-refractivity contribution in [2.75, 3.05) is 23.7 Å². The molecule has 0 bridgehead atoms. The van der Waals surface area contributed by atoms with Crippen molar-refractivity contribution in [3.8, 4) is 5.69 Å². The van der Waals surface area contributed by atoms with E-state index in [9.17, 15) is 0 Å². The van der Waals surface area contributed by atoms with Gasteiger partial charge in [-0.15, -0.1) is 0 Å². The van der Waals surface area contributed by atoms with Gasteiger partial charge in [0.1, 0.15) is 6.33 Å². The first-order valence-corrected chi connectivity index (χ1v) is 11.5. The summed E-state index contributed by atoms with van der Waals surface area (Å²) in [5.74, 6) is 1.28. The van der Waals surface area contributed by atoms with Gasteiger partial charge < -0.3 is 10.6 Å². The van der Waals surface area contributed by atoms with Crippen LogP contribution in [0.2, 0.25) is 0 Å². The van der Waals surface area contributed by atoms with Crippen LogP contribution >= 0.6 is 0 Å². The van der Waals surface area contributed by atoms with Gasteiger partial charge in [0.2, 0.25) is 5.95 Å². The van der Waals surface area contributed by atoms with E-state index in [1.54, 1.807) is 12.5 Å². The Bertz CT molecular complexity index is 1150. The summed E-state index contributed by atoms with van der Waals surface area (Å²) in [7, 11) is 0. The molecule has 0 aliphatic rings. The average Bonchev–Trinajstić information content (AvgIpc) is 3.25. The lowest BCUT2D eigenvalue weighted by Gasteiger charge is -2.30. The first-order chi connectivity index (χ1) is 16.0. The van der Waals surface area contributed by atoms with Gasteiger partial charge in [-0.1, -0.05) is 24.3 Å². The molecule has 172 valence electrons. The Morgan fingerprint density at radius 1 is 0.939 bits per heavy atom. The van der Waals surface area contributed by atoms with E-state index in [0.29, 0.717) is 24.6 Å². The van der Waals surface area contributed by atoms with Gasteiger partial charge in [-0.25, -0.2) is 4.98 Å². The van der Waals surface area contributed by atoms with Gasteiger partial charge in [-0.2, -0.15) is 9.97 Å². The number of hydrogen-bond donors (Lipinski definition) is 2. The second kappa shape index (κ2) is 10.4. The zero-order valence-electron chi connectivity index (χ0n) is 19.7. The molecule has 0 radical (unpaired) electrons. The van der Waals surface area contributed by atoms with Crippen molar-refractivity contribution in [2.45, 2.75) is 46.3 Å². The highest BCUT2D eigenvalue weighted by Crippen LogP contribution is 2.24. The SMILES string of the molecule is CC(C)N(CCNc1nc(NCc2cccnc2)nc2c1ncn2-c1ccccc1)C(C)C. The minimum absolute atomic E-state index is 0.478. The third-order valence-corrected chi connectivity index (χ3v) is 5.59. The lowest BCUT2D eigenvalue weighted by atomic mass is 10.2. The average molecular weight is 445 g/mol. The molecule has 0 fully saturated rings. The Balaban J connectivity index is 1.63. The van der Waals surface area contributed by atoms with Gasteiger partial charge in [-0.3, -0.25) is 14.5 Å². The third kappa shape index (κ3) is 5.46. The summed E-state index contributed by atoms with van der Waals surface area (Å²) in [6.45, 7) is 11.2. The smallest absolute Gasteiger partial charge is 0.227 e. The largest absolute Gasteiger partial charge is 0.367 e. The van der Waals surface area contributed by atoms with Crippen LogP contribution in [0.4, 0.5) is 11.8 Å². The maximum absolute atomic E-state index is 4.79. The summed E-state index contributed by atoms with van der Waals surface area (Å²) < 4.78 is 1.99. The molecule has 0 aliphatic heterocycles. The summed E-state index contributed by atoms with van der Waals surface area (Å²) in [5, 5.41) is 6.85. The number of nitrogens with one attached hydrogen (secondary N) is 2. The number of pyridine rings is 1. The van der Waals surface area contributed by atoms with Crippen molar-refractivity contribution >= 4 is 22.9 Å². The maximum Gasteiger partial charge on any atom is 0.227 e. The molecule has 0 unspecified atom stereocenters. The normalized spacial score (nSPS) is 11.6. The lowest BCUT2D eigenvalue weighted by Crippen LogP contribution is -2.40. The number of rotatable bonds is 10. The highest BCUT2D eigenvalue weighted by molar-refractivity contribution is 5.85. The summed E-state index contributed by atoms with van der Waals surface area (Å²) >= 11 is 0. The Kier molecular flexibility index (Phi) is 7.14. The first kappa shape index (κ1) is 22.7. The predicted molar refractivity (Wildman–Crippen MR) is 134 cm³/mol. The van der Waals surface area contributed by atoms with Gasteiger partial charge in [0.15, 0.2) is 17.0 Å². The Labute approximate surface area is 195 Å². The van der Waals surface area contributed by atoms with Crippen LogP contribution < -0.4 is 10.6 Å². The molecule has 0 atom stereocenters. The first-order valence-electron chi connectivity index (χ1n) is 11.5. The molecule has 0 saturated carbocycles. The molecule has 4 rings (SSSR count). The topological polar surface area (TPSA) is 83.8 Å². The minimum atomic E-state index is 0.478. The van der Waals surface area contributed by atoms with Gasteiger partial charge in [0.05, 0.1) is 0 Å². The van der Waals surface area contributed by atoms with Crippen LogP contribution in [0.3, 0.4) is 0 Å². The van der Waals surface area contributed by atoms with Crippen LogP contribution in [0, 0.1) is 0 Å². The van der Waals surface area contributed by atoms with Crippen LogP contribution in [0.5, 0.6) is 0 Å².